The molecular formula is C21H20ClN3O4. The quantitative estimate of drug-likeness (QED) is 0.776. The molecule has 2 aromatic carbocycles. The predicted molar refractivity (Wildman–Crippen MR) is 107 cm³/mol. The van der Waals surface area contributed by atoms with Crippen LogP contribution in [0.25, 0.3) is 0 Å². The van der Waals surface area contributed by atoms with Crippen LogP contribution >= 0.6 is 11.6 Å². The number of carbonyl (C=O) groups excluding carboxylic acids is 3. The van der Waals surface area contributed by atoms with E-state index in [9.17, 15) is 14.4 Å². The van der Waals surface area contributed by atoms with E-state index in [1.54, 1.807) is 18.2 Å². The Bertz CT molecular complexity index is 1010. The average Bonchev–Trinajstić information content (AvgIpc) is 3.14. The molecule has 150 valence electrons. The van der Waals surface area contributed by atoms with Gasteiger partial charge in [-0.25, -0.2) is 4.90 Å². The highest BCUT2D eigenvalue weighted by molar-refractivity contribution is 6.32. The Hall–Kier alpha value is -2.74. The van der Waals surface area contributed by atoms with E-state index in [-0.39, 0.29) is 6.54 Å². The van der Waals surface area contributed by atoms with E-state index in [1.807, 2.05) is 38.1 Å². The van der Waals surface area contributed by atoms with Crippen molar-refractivity contribution in [2.45, 2.75) is 26.0 Å². The Balaban J connectivity index is 1.74. The van der Waals surface area contributed by atoms with Gasteiger partial charge in [-0.2, -0.15) is 5.06 Å². The topological polar surface area (TPSA) is 92.9 Å². The van der Waals surface area contributed by atoms with Crippen molar-refractivity contribution >= 4 is 35.0 Å². The van der Waals surface area contributed by atoms with E-state index < -0.39 is 35.8 Å². The minimum atomic E-state index is -1.02. The number of fused-ring (bicyclic) bond motifs is 1. The third-order valence-corrected chi connectivity index (χ3v) is 5.75. The van der Waals surface area contributed by atoms with E-state index in [4.69, 9.17) is 22.2 Å². The molecule has 2 N–H and O–H groups in total. The zero-order chi connectivity index (χ0) is 20.9. The maximum Gasteiger partial charge on any atom is 0.265 e. The van der Waals surface area contributed by atoms with Crippen LogP contribution in [0.2, 0.25) is 5.02 Å². The smallest absolute Gasteiger partial charge is 0.265 e. The molecule has 2 aromatic rings. The van der Waals surface area contributed by atoms with E-state index in [0.29, 0.717) is 10.7 Å². The molecule has 2 heterocycles. The van der Waals surface area contributed by atoms with Crippen LogP contribution in [0.3, 0.4) is 0 Å². The van der Waals surface area contributed by atoms with Crippen molar-refractivity contribution in [2.24, 2.45) is 11.7 Å². The lowest BCUT2D eigenvalue weighted by atomic mass is 9.90. The molecule has 2 saturated heterocycles. The van der Waals surface area contributed by atoms with Crippen molar-refractivity contribution in [3.63, 3.8) is 0 Å². The second-order valence-electron chi connectivity index (χ2n) is 7.39. The van der Waals surface area contributed by atoms with Crippen LogP contribution in [-0.2, 0) is 19.2 Å². The molecule has 0 aromatic heterocycles. The van der Waals surface area contributed by atoms with Gasteiger partial charge >= 0.3 is 0 Å². The van der Waals surface area contributed by atoms with Crippen molar-refractivity contribution in [1.29, 1.82) is 0 Å². The fourth-order valence-corrected chi connectivity index (χ4v) is 4.05. The third kappa shape index (κ3) is 3.31. The van der Waals surface area contributed by atoms with Crippen molar-refractivity contribution in [1.82, 2.24) is 5.06 Å². The highest BCUT2D eigenvalue weighted by Gasteiger charge is 2.60. The number of primary amides is 1. The molecule has 0 spiro atoms. The number of nitrogens with zero attached hydrogens (tertiary/aromatic N) is 2. The largest absolute Gasteiger partial charge is 0.368 e. The molecule has 0 radical (unpaired) electrons. The number of hydroxylamine groups is 2. The second kappa shape index (κ2) is 7.26. The summed E-state index contributed by atoms with van der Waals surface area (Å²) in [6, 6.07) is 12.0. The fourth-order valence-electron chi connectivity index (χ4n) is 3.87. The Morgan fingerprint density at radius 2 is 1.79 bits per heavy atom. The van der Waals surface area contributed by atoms with Gasteiger partial charge in [0.05, 0.1) is 17.6 Å². The number of aryl methyl sites for hydroxylation is 2. The zero-order valence-electron chi connectivity index (χ0n) is 16.0. The van der Waals surface area contributed by atoms with Crippen molar-refractivity contribution in [3.8, 4) is 0 Å². The van der Waals surface area contributed by atoms with Crippen LogP contribution in [0.5, 0.6) is 0 Å². The van der Waals surface area contributed by atoms with E-state index in [1.165, 1.54) is 5.06 Å². The van der Waals surface area contributed by atoms with Crippen molar-refractivity contribution < 1.29 is 19.2 Å². The summed E-state index contributed by atoms with van der Waals surface area (Å²) < 4.78 is 0. The first-order valence-electron chi connectivity index (χ1n) is 9.20. The summed E-state index contributed by atoms with van der Waals surface area (Å²) in [5.74, 6) is -2.27. The van der Waals surface area contributed by atoms with Crippen LogP contribution in [0.4, 0.5) is 5.69 Å². The average molecular weight is 414 g/mol. The number of hydrogen-bond acceptors (Lipinski definition) is 5. The van der Waals surface area contributed by atoms with Gasteiger partial charge in [-0.3, -0.25) is 19.2 Å². The summed E-state index contributed by atoms with van der Waals surface area (Å²) in [6.07, 6.45) is -1.02. The number of carbonyl (C=O) groups is 3. The van der Waals surface area contributed by atoms with Gasteiger partial charge in [0.25, 0.3) is 5.91 Å². The Morgan fingerprint density at radius 3 is 2.41 bits per heavy atom. The zero-order valence-corrected chi connectivity index (χ0v) is 16.7. The van der Waals surface area contributed by atoms with Gasteiger partial charge in [-0.1, -0.05) is 47.5 Å². The number of halogens is 1. The first-order chi connectivity index (χ1) is 13.8. The summed E-state index contributed by atoms with van der Waals surface area (Å²) in [5, 5.41) is 1.81. The number of imide groups is 1. The molecule has 0 saturated carbocycles. The number of nitrogens with two attached hydrogens (primary N) is 1. The molecule has 3 amide bonds. The maximum atomic E-state index is 13.3. The summed E-state index contributed by atoms with van der Waals surface area (Å²) >= 11 is 6.19. The highest BCUT2D eigenvalue weighted by Crippen LogP contribution is 2.45. The first-order valence-corrected chi connectivity index (χ1v) is 9.58. The maximum absolute atomic E-state index is 13.3. The predicted octanol–water partition coefficient (Wildman–Crippen LogP) is 2.29. The lowest BCUT2D eigenvalue weighted by molar-refractivity contribution is -0.175. The summed E-state index contributed by atoms with van der Waals surface area (Å²) in [5.41, 5.74) is 8.42. The van der Waals surface area contributed by atoms with Gasteiger partial charge in [0, 0.05) is 5.02 Å². The molecular weight excluding hydrogens is 394 g/mol. The number of benzene rings is 2. The number of hydrogen-bond donors (Lipinski definition) is 1. The monoisotopic (exact) mass is 413 g/mol. The van der Waals surface area contributed by atoms with Crippen molar-refractivity contribution in [3.05, 3.63) is 64.2 Å². The van der Waals surface area contributed by atoms with Crippen LogP contribution in [0.15, 0.2) is 42.5 Å². The van der Waals surface area contributed by atoms with E-state index in [0.717, 1.165) is 21.6 Å². The van der Waals surface area contributed by atoms with Gasteiger partial charge in [-0.15, -0.1) is 0 Å². The molecule has 3 atom stereocenters. The molecule has 8 heteroatoms. The van der Waals surface area contributed by atoms with Crippen LogP contribution in [0.1, 0.15) is 22.7 Å². The van der Waals surface area contributed by atoms with Crippen LogP contribution in [0, 0.1) is 19.8 Å². The van der Waals surface area contributed by atoms with Gasteiger partial charge < -0.3 is 5.73 Å². The van der Waals surface area contributed by atoms with E-state index in [2.05, 4.69) is 0 Å². The van der Waals surface area contributed by atoms with Gasteiger partial charge in [0.15, 0.2) is 6.10 Å². The lowest BCUT2D eigenvalue weighted by Crippen LogP contribution is -2.40. The summed E-state index contributed by atoms with van der Waals surface area (Å²) in [4.78, 5) is 44.8. The fraction of sp³-hybridized carbons (Fsp3) is 0.286. The normalized spacial score (nSPS) is 24.2. The Kier molecular flexibility index (Phi) is 4.90. The second-order valence-corrected chi connectivity index (χ2v) is 7.80. The van der Waals surface area contributed by atoms with Crippen LogP contribution in [-0.4, -0.2) is 35.4 Å². The standard InChI is InChI=1S/C21H20ClN3O4/c1-11-3-6-13(7-4-11)18-17-19(29-24(18)10-16(23)26)21(28)25(20(17)27)14-8-5-12(2)15(22)9-14/h3-9,17-19H,10H2,1-2H3,(H2,23,26). The molecule has 7 nitrogen and oxygen atoms in total. The SMILES string of the molecule is Cc1ccc(C2C3C(=O)N(c4ccc(C)c(Cl)c4)C(=O)C3ON2CC(N)=O)cc1. The first kappa shape index (κ1) is 19.6. The molecule has 3 unspecified atom stereocenters. The summed E-state index contributed by atoms with van der Waals surface area (Å²) in [7, 11) is 0. The third-order valence-electron chi connectivity index (χ3n) is 5.34. The van der Waals surface area contributed by atoms with Crippen LogP contribution < -0.4 is 10.6 Å². The van der Waals surface area contributed by atoms with Gasteiger partial charge in [0.1, 0.15) is 6.54 Å². The molecule has 4 rings (SSSR count). The Morgan fingerprint density at radius 1 is 1.10 bits per heavy atom. The molecule has 2 aliphatic heterocycles. The number of anilines is 1. The minimum absolute atomic E-state index is 0.220. The number of rotatable bonds is 4. The molecule has 0 bridgehead atoms. The minimum Gasteiger partial charge on any atom is -0.368 e. The molecule has 2 fully saturated rings. The highest BCUT2D eigenvalue weighted by atomic mass is 35.5. The number of amides is 3. The molecule has 0 aliphatic carbocycles. The van der Waals surface area contributed by atoms with E-state index >= 15 is 0 Å². The summed E-state index contributed by atoms with van der Waals surface area (Å²) in [6.45, 7) is 3.57. The van der Waals surface area contributed by atoms with Crippen molar-refractivity contribution in [2.75, 3.05) is 11.4 Å². The molecule has 29 heavy (non-hydrogen) atoms. The van der Waals surface area contributed by atoms with Gasteiger partial charge in [-0.05, 0) is 37.1 Å². The lowest BCUT2D eigenvalue weighted by Gasteiger charge is -2.26. The molecule has 2 aliphatic rings. The Labute approximate surface area is 172 Å². The van der Waals surface area contributed by atoms with Gasteiger partial charge in [0.2, 0.25) is 11.8 Å².